The summed E-state index contributed by atoms with van der Waals surface area (Å²) in [6, 6.07) is 0.0505. The van der Waals surface area contributed by atoms with Gasteiger partial charge in [-0.2, -0.15) is 0 Å². The second-order valence-electron chi connectivity index (χ2n) is 5.88. The van der Waals surface area contributed by atoms with Gasteiger partial charge in [-0.1, -0.05) is 0 Å². The molecular formula is C16H27N3O. The van der Waals surface area contributed by atoms with Gasteiger partial charge in [0, 0.05) is 26.1 Å². The monoisotopic (exact) mass is 277 g/mol. The van der Waals surface area contributed by atoms with Crippen molar-refractivity contribution >= 4 is 5.91 Å². The molecule has 2 rings (SSSR count). The normalized spacial score (nSPS) is 26.9. The summed E-state index contributed by atoms with van der Waals surface area (Å²) in [5, 5.41) is 6.38. The smallest absolute Gasteiger partial charge is 0.237 e. The lowest BCUT2D eigenvalue weighted by atomic mass is 9.97. The molecule has 20 heavy (non-hydrogen) atoms. The predicted octanol–water partition coefficient (Wildman–Crippen LogP) is 0.980. The minimum absolute atomic E-state index is 0.0505. The summed E-state index contributed by atoms with van der Waals surface area (Å²) in [5.74, 6) is 6.87. The number of carbonyl (C=O) groups is 1. The van der Waals surface area contributed by atoms with E-state index in [1.54, 1.807) is 0 Å². The van der Waals surface area contributed by atoms with Crippen molar-refractivity contribution in [3.63, 3.8) is 0 Å². The molecular weight excluding hydrogens is 250 g/mol. The van der Waals surface area contributed by atoms with Gasteiger partial charge in [-0.15, -0.1) is 11.8 Å². The van der Waals surface area contributed by atoms with E-state index in [0.717, 1.165) is 45.4 Å². The van der Waals surface area contributed by atoms with Crippen LogP contribution < -0.4 is 10.6 Å². The quantitative estimate of drug-likeness (QED) is 0.736. The van der Waals surface area contributed by atoms with Crippen molar-refractivity contribution < 1.29 is 4.79 Å². The number of nitrogens with one attached hydrogen (secondary N) is 2. The Morgan fingerprint density at radius 2 is 2.30 bits per heavy atom. The van der Waals surface area contributed by atoms with E-state index in [9.17, 15) is 4.79 Å². The highest BCUT2D eigenvalue weighted by Gasteiger charge is 2.24. The molecule has 2 aliphatic heterocycles. The topological polar surface area (TPSA) is 44.4 Å². The van der Waals surface area contributed by atoms with Crippen LogP contribution in [0.1, 0.15) is 39.0 Å². The van der Waals surface area contributed by atoms with Crippen molar-refractivity contribution in [3.05, 3.63) is 0 Å². The Morgan fingerprint density at radius 3 is 3.05 bits per heavy atom. The maximum atomic E-state index is 12.0. The summed E-state index contributed by atoms with van der Waals surface area (Å²) in [6.45, 7) is 7.05. The number of carbonyl (C=O) groups excluding carboxylic acids is 1. The number of rotatable bonds is 5. The maximum Gasteiger partial charge on any atom is 0.237 e. The van der Waals surface area contributed by atoms with Crippen LogP contribution in [0.25, 0.3) is 0 Å². The van der Waals surface area contributed by atoms with Gasteiger partial charge in [0.15, 0.2) is 0 Å². The lowest BCUT2D eigenvalue weighted by molar-refractivity contribution is -0.123. The molecule has 0 bridgehead atoms. The molecule has 1 amide bonds. The number of nitrogens with zero attached hydrogens (tertiary/aromatic N) is 1. The average Bonchev–Trinajstić information content (AvgIpc) is 3.00. The first-order chi connectivity index (χ1) is 9.79. The van der Waals surface area contributed by atoms with E-state index in [2.05, 4.69) is 27.4 Å². The zero-order valence-electron chi connectivity index (χ0n) is 12.6. The third-order valence-electron chi connectivity index (χ3n) is 4.27. The maximum absolute atomic E-state index is 12.0. The van der Waals surface area contributed by atoms with E-state index < -0.39 is 0 Å². The van der Waals surface area contributed by atoms with Crippen molar-refractivity contribution in [1.29, 1.82) is 0 Å². The number of hydrogen-bond acceptors (Lipinski definition) is 3. The molecule has 0 radical (unpaired) electrons. The van der Waals surface area contributed by atoms with Crippen LogP contribution in [-0.2, 0) is 4.79 Å². The van der Waals surface area contributed by atoms with E-state index in [0.29, 0.717) is 5.92 Å². The summed E-state index contributed by atoms with van der Waals surface area (Å²) in [6.07, 6.45) is 5.53. The molecule has 0 aliphatic carbocycles. The predicted molar refractivity (Wildman–Crippen MR) is 81.3 cm³/mol. The molecule has 2 fully saturated rings. The van der Waals surface area contributed by atoms with Gasteiger partial charge < -0.3 is 15.5 Å². The third-order valence-corrected chi connectivity index (χ3v) is 4.27. The minimum atomic E-state index is 0.0505. The molecule has 2 aliphatic rings. The fourth-order valence-electron chi connectivity index (χ4n) is 3.14. The van der Waals surface area contributed by atoms with E-state index in [-0.39, 0.29) is 11.9 Å². The van der Waals surface area contributed by atoms with Crippen LogP contribution in [0.3, 0.4) is 0 Å². The van der Waals surface area contributed by atoms with Crippen molar-refractivity contribution in [3.8, 4) is 11.8 Å². The Labute approximate surface area is 122 Å². The number of amides is 1. The summed E-state index contributed by atoms with van der Waals surface area (Å²) in [4.78, 5) is 14.5. The van der Waals surface area contributed by atoms with Crippen molar-refractivity contribution in [2.75, 3.05) is 32.7 Å². The number of piperidine rings is 1. The number of likely N-dealkylation sites (tertiary alicyclic amines) is 1. The molecule has 2 saturated heterocycles. The fourth-order valence-corrected chi connectivity index (χ4v) is 3.14. The van der Waals surface area contributed by atoms with Gasteiger partial charge in [0.25, 0.3) is 0 Å². The summed E-state index contributed by atoms with van der Waals surface area (Å²) in [5.41, 5.74) is 0. The van der Waals surface area contributed by atoms with E-state index in [1.807, 2.05) is 6.92 Å². The van der Waals surface area contributed by atoms with Crippen LogP contribution in [0.5, 0.6) is 0 Å². The molecule has 4 heteroatoms. The van der Waals surface area contributed by atoms with Gasteiger partial charge in [-0.05, 0) is 51.6 Å². The summed E-state index contributed by atoms with van der Waals surface area (Å²) >= 11 is 0. The van der Waals surface area contributed by atoms with Gasteiger partial charge in [-0.3, -0.25) is 4.79 Å². The highest BCUT2D eigenvalue weighted by molar-refractivity contribution is 5.81. The molecule has 2 heterocycles. The van der Waals surface area contributed by atoms with Crippen LogP contribution >= 0.6 is 0 Å². The van der Waals surface area contributed by atoms with E-state index in [1.165, 1.54) is 19.4 Å². The van der Waals surface area contributed by atoms with Gasteiger partial charge in [0.2, 0.25) is 5.91 Å². The van der Waals surface area contributed by atoms with Gasteiger partial charge in [0.1, 0.15) is 0 Å². The van der Waals surface area contributed by atoms with Crippen LogP contribution in [0.15, 0.2) is 0 Å². The molecule has 4 nitrogen and oxygen atoms in total. The SMILES string of the molecule is CC#CCCN1CCCC(CNC(=O)C2CCCN2)C1. The lowest BCUT2D eigenvalue weighted by Crippen LogP contribution is -2.45. The van der Waals surface area contributed by atoms with Crippen LogP contribution in [0.4, 0.5) is 0 Å². The second kappa shape index (κ2) is 8.28. The third kappa shape index (κ3) is 4.81. The zero-order chi connectivity index (χ0) is 14.2. The molecule has 2 unspecified atom stereocenters. The van der Waals surface area contributed by atoms with Gasteiger partial charge in [-0.25, -0.2) is 0 Å². The molecule has 112 valence electrons. The van der Waals surface area contributed by atoms with Crippen molar-refractivity contribution in [1.82, 2.24) is 15.5 Å². The Morgan fingerprint density at radius 1 is 1.40 bits per heavy atom. The molecule has 0 saturated carbocycles. The highest BCUT2D eigenvalue weighted by atomic mass is 16.2. The molecule has 0 aromatic heterocycles. The van der Waals surface area contributed by atoms with Crippen LogP contribution in [0, 0.1) is 17.8 Å². The summed E-state index contributed by atoms with van der Waals surface area (Å²) in [7, 11) is 0. The van der Waals surface area contributed by atoms with E-state index >= 15 is 0 Å². The number of hydrogen-bond donors (Lipinski definition) is 2. The Bertz CT molecular complexity index is 366. The second-order valence-corrected chi connectivity index (χ2v) is 5.88. The Balaban J connectivity index is 1.66. The fraction of sp³-hybridized carbons (Fsp3) is 0.812. The Kier molecular flexibility index (Phi) is 6.35. The largest absolute Gasteiger partial charge is 0.354 e. The first-order valence-corrected chi connectivity index (χ1v) is 7.92. The highest BCUT2D eigenvalue weighted by Crippen LogP contribution is 2.16. The molecule has 0 spiro atoms. The van der Waals surface area contributed by atoms with Crippen LogP contribution in [0.2, 0.25) is 0 Å². The first kappa shape index (κ1) is 15.3. The lowest BCUT2D eigenvalue weighted by Gasteiger charge is -2.32. The Hall–Kier alpha value is -1.05. The van der Waals surface area contributed by atoms with Crippen molar-refractivity contribution in [2.45, 2.75) is 45.1 Å². The van der Waals surface area contributed by atoms with Gasteiger partial charge >= 0.3 is 0 Å². The average molecular weight is 277 g/mol. The molecule has 0 aromatic carbocycles. The van der Waals surface area contributed by atoms with E-state index in [4.69, 9.17) is 0 Å². The first-order valence-electron chi connectivity index (χ1n) is 7.92. The van der Waals surface area contributed by atoms with Crippen LogP contribution in [-0.4, -0.2) is 49.6 Å². The molecule has 0 aromatic rings. The molecule has 2 atom stereocenters. The molecule has 2 N–H and O–H groups in total. The summed E-state index contributed by atoms with van der Waals surface area (Å²) < 4.78 is 0. The minimum Gasteiger partial charge on any atom is -0.354 e. The standard InChI is InChI=1S/C16H27N3O/c1-2-3-4-10-19-11-6-7-14(13-19)12-18-16(20)15-8-5-9-17-15/h14-15,17H,4-13H2,1H3,(H,18,20). The van der Waals surface area contributed by atoms with Gasteiger partial charge in [0.05, 0.1) is 6.04 Å². The van der Waals surface area contributed by atoms with Crippen molar-refractivity contribution in [2.24, 2.45) is 5.92 Å². The zero-order valence-corrected chi connectivity index (χ0v) is 12.6.